The minimum atomic E-state index is -0.291. The van der Waals surface area contributed by atoms with E-state index in [1.54, 1.807) is 6.08 Å². The molecular weight excluding hydrogens is 380 g/mol. The Labute approximate surface area is 155 Å². The summed E-state index contributed by atoms with van der Waals surface area (Å²) >= 11 is 3.39. The third kappa shape index (κ3) is 5.29. The summed E-state index contributed by atoms with van der Waals surface area (Å²) in [5.74, 6) is -0.333. The van der Waals surface area contributed by atoms with E-state index >= 15 is 0 Å². The quantitative estimate of drug-likeness (QED) is 0.729. The average molecular weight is 399 g/mol. The van der Waals surface area contributed by atoms with Crippen LogP contribution in [0.25, 0.3) is 6.08 Å². The van der Waals surface area contributed by atoms with Crippen LogP contribution in [0.3, 0.4) is 0 Å². The molecule has 25 heavy (non-hydrogen) atoms. The number of rotatable bonds is 6. The molecule has 2 amide bonds. The molecule has 5 heteroatoms. The standard InChI is InChI=1S/C20H19BrN2O2/c21-17-10-6-15(7-11-17)13-22-20(25)18(23-19(24)16-8-9-16)12-14-4-2-1-3-5-14/h1-7,10-12,16H,8-9,13H2,(H,22,25)(H,23,24)/b18-12-. The third-order valence-electron chi connectivity index (χ3n) is 3.93. The average Bonchev–Trinajstić information content (AvgIpc) is 3.46. The lowest BCUT2D eigenvalue weighted by Gasteiger charge is -2.11. The van der Waals surface area contributed by atoms with E-state index in [0.29, 0.717) is 6.54 Å². The Kier molecular flexibility index (Phi) is 5.66. The van der Waals surface area contributed by atoms with Crippen molar-refractivity contribution in [3.05, 3.63) is 75.9 Å². The van der Waals surface area contributed by atoms with Gasteiger partial charge in [-0.1, -0.05) is 58.4 Å². The second-order valence-corrected chi connectivity index (χ2v) is 6.96. The number of nitrogens with one attached hydrogen (secondary N) is 2. The molecule has 1 aliphatic carbocycles. The van der Waals surface area contributed by atoms with Crippen LogP contribution in [-0.4, -0.2) is 11.8 Å². The maximum absolute atomic E-state index is 12.6. The largest absolute Gasteiger partial charge is 0.347 e. The minimum Gasteiger partial charge on any atom is -0.347 e. The van der Waals surface area contributed by atoms with Gasteiger partial charge in [0.1, 0.15) is 5.70 Å². The number of hydrogen-bond acceptors (Lipinski definition) is 2. The van der Waals surface area contributed by atoms with Gasteiger partial charge in [0.05, 0.1) is 0 Å². The van der Waals surface area contributed by atoms with Gasteiger partial charge in [0, 0.05) is 16.9 Å². The molecule has 2 aromatic carbocycles. The Balaban J connectivity index is 1.70. The number of amides is 2. The fourth-order valence-electron chi connectivity index (χ4n) is 2.33. The molecule has 0 saturated heterocycles. The van der Waals surface area contributed by atoms with E-state index in [9.17, 15) is 9.59 Å². The molecule has 0 aromatic heterocycles. The van der Waals surface area contributed by atoms with E-state index < -0.39 is 0 Å². The molecule has 0 unspecified atom stereocenters. The van der Waals surface area contributed by atoms with Gasteiger partial charge in [-0.2, -0.15) is 0 Å². The number of hydrogen-bond donors (Lipinski definition) is 2. The van der Waals surface area contributed by atoms with Crippen molar-refractivity contribution < 1.29 is 9.59 Å². The van der Waals surface area contributed by atoms with Gasteiger partial charge in [0.2, 0.25) is 5.91 Å². The highest BCUT2D eigenvalue weighted by molar-refractivity contribution is 9.10. The van der Waals surface area contributed by atoms with E-state index in [1.807, 2.05) is 54.6 Å². The van der Waals surface area contributed by atoms with Crippen LogP contribution >= 0.6 is 15.9 Å². The lowest BCUT2D eigenvalue weighted by atomic mass is 10.1. The minimum absolute atomic E-state index is 0.0402. The fraction of sp³-hybridized carbons (Fsp3) is 0.200. The van der Waals surface area contributed by atoms with Crippen molar-refractivity contribution >= 4 is 33.8 Å². The highest BCUT2D eigenvalue weighted by atomic mass is 79.9. The second kappa shape index (κ2) is 8.12. The second-order valence-electron chi connectivity index (χ2n) is 6.04. The van der Waals surface area contributed by atoms with Crippen LogP contribution in [0.1, 0.15) is 24.0 Å². The van der Waals surface area contributed by atoms with Gasteiger partial charge in [0.15, 0.2) is 0 Å². The van der Waals surface area contributed by atoms with Crippen molar-refractivity contribution in [2.75, 3.05) is 0 Å². The zero-order valence-electron chi connectivity index (χ0n) is 13.7. The first kappa shape index (κ1) is 17.4. The van der Waals surface area contributed by atoms with E-state index in [2.05, 4.69) is 26.6 Å². The van der Waals surface area contributed by atoms with Crippen molar-refractivity contribution in [2.45, 2.75) is 19.4 Å². The van der Waals surface area contributed by atoms with Crippen LogP contribution in [0.4, 0.5) is 0 Å². The lowest BCUT2D eigenvalue weighted by Crippen LogP contribution is -2.35. The Morgan fingerprint density at radius 3 is 2.36 bits per heavy atom. The summed E-state index contributed by atoms with van der Waals surface area (Å²) in [5, 5.41) is 5.64. The summed E-state index contributed by atoms with van der Waals surface area (Å²) in [4.78, 5) is 24.6. The molecule has 0 aliphatic heterocycles. The summed E-state index contributed by atoms with van der Waals surface area (Å²) < 4.78 is 0.990. The highest BCUT2D eigenvalue weighted by Crippen LogP contribution is 2.29. The normalized spacial score (nSPS) is 14.0. The van der Waals surface area contributed by atoms with E-state index in [0.717, 1.165) is 28.4 Å². The van der Waals surface area contributed by atoms with Crippen LogP contribution in [-0.2, 0) is 16.1 Å². The van der Waals surface area contributed by atoms with Crippen LogP contribution in [0, 0.1) is 5.92 Å². The maximum atomic E-state index is 12.6. The smallest absolute Gasteiger partial charge is 0.268 e. The third-order valence-corrected chi connectivity index (χ3v) is 4.46. The summed E-state index contributed by atoms with van der Waals surface area (Å²) in [7, 11) is 0. The van der Waals surface area contributed by atoms with Gasteiger partial charge in [0.25, 0.3) is 5.91 Å². The molecule has 0 heterocycles. The Hall–Kier alpha value is -2.40. The molecule has 128 valence electrons. The maximum Gasteiger partial charge on any atom is 0.268 e. The monoisotopic (exact) mass is 398 g/mol. The van der Waals surface area contributed by atoms with Gasteiger partial charge in [-0.25, -0.2) is 0 Å². The van der Waals surface area contributed by atoms with Crippen molar-refractivity contribution in [1.82, 2.24) is 10.6 Å². The summed E-state index contributed by atoms with van der Waals surface area (Å²) in [6.07, 6.45) is 3.49. The molecule has 1 saturated carbocycles. The fourth-order valence-corrected chi connectivity index (χ4v) is 2.60. The zero-order chi connectivity index (χ0) is 17.6. The molecule has 0 spiro atoms. The topological polar surface area (TPSA) is 58.2 Å². The Morgan fingerprint density at radius 1 is 1.04 bits per heavy atom. The van der Waals surface area contributed by atoms with Crippen molar-refractivity contribution in [1.29, 1.82) is 0 Å². The molecule has 4 nitrogen and oxygen atoms in total. The number of halogens is 1. The van der Waals surface area contributed by atoms with Crippen molar-refractivity contribution in [2.24, 2.45) is 5.92 Å². The summed E-state index contributed by atoms with van der Waals surface area (Å²) in [6.45, 7) is 0.400. The first-order valence-corrected chi connectivity index (χ1v) is 9.01. The highest BCUT2D eigenvalue weighted by Gasteiger charge is 2.30. The molecule has 0 bridgehead atoms. The first-order chi connectivity index (χ1) is 12.1. The molecule has 1 fully saturated rings. The Morgan fingerprint density at radius 2 is 1.72 bits per heavy atom. The van der Waals surface area contributed by atoms with Crippen molar-refractivity contribution in [3.63, 3.8) is 0 Å². The van der Waals surface area contributed by atoms with E-state index in [4.69, 9.17) is 0 Å². The van der Waals surface area contributed by atoms with Crippen LogP contribution in [0.5, 0.6) is 0 Å². The molecule has 0 atom stereocenters. The van der Waals surface area contributed by atoms with Crippen LogP contribution in [0.15, 0.2) is 64.8 Å². The molecule has 3 rings (SSSR count). The van der Waals surface area contributed by atoms with Gasteiger partial charge in [-0.05, 0) is 42.2 Å². The van der Waals surface area contributed by atoms with Gasteiger partial charge in [-0.15, -0.1) is 0 Å². The van der Waals surface area contributed by atoms with Gasteiger partial charge in [-0.3, -0.25) is 9.59 Å². The van der Waals surface area contributed by atoms with Crippen LogP contribution in [0.2, 0.25) is 0 Å². The predicted molar refractivity (Wildman–Crippen MR) is 101 cm³/mol. The number of benzene rings is 2. The number of carbonyl (C=O) groups is 2. The first-order valence-electron chi connectivity index (χ1n) is 8.22. The Bertz CT molecular complexity index is 781. The molecule has 2 aromatic rings. The van der Waals surface area contributed by atoms with Gasteiger partial charge < -0.3 is 10.6 Å². The lowest BCUT2D eigenvalue weighted by molar-refractivity contribution is -0.124. The van der Waals surface area contributed by atoms with Gasteiger partial charge >= 0.3 is 0 Å². The molecular formula is C20H19BrN2O2. The predicted octanol–water partition coefficient (Wildman–Crippen LogP) is 3.63. The van der Waals surface area contributed by atoms with Crippen molar-refractivity contribution in [3.8, 4) is 0 Å². The summed E-state index contributed by atoms with van der Waals surface area (Å²) in [6, 6.07) is 17.2. The number of carbonyl (C=O) groups excluding carboxylic acids is 2. The van der Waals surface area contributed by atoms with E-state index in [-0.39, 0.29) is 23.4 Å². The summed E-state index contributed by atoms with van der Waals surface area (Å²) in [5.41, 5.74) is 2.14. The van der Waals surface area contributed by atoms with Crippen LogP contribution < -0.4 is 10.6 Å². The SMILES string of the molecule is O=C(NCc1ccc(Br)cc1)/C(=C/c1ccccc1)NC(=O)C1CC1. The van der Waals surface area contributed by atoms with E-state index in [1.165, 1.54) is 0 Å². The molecule has 1 aliphatic rings. The molecule has 2 N–H and O–H groups in total. The zero-order valence-corrected chi connectivity index (χ0v) is 15.3. The molecule has 0 radical (unpaired) electrons.